The van der Waals surface area contributed by atoms with Crippen LogP contribution in [0.1, 0.15) is 43.0 Å². The van der Waals surface area contributed by atoms with E-state index in [4.69, 9.17) is 13.4 Å². The Morgan fingerprint density at radius 3 is 2.42 bits per heavy atom. The van der Waals surface area contributed by atoms with Gasteiger partial charge in [-0.3, -0.25) is 0 Å². The molecule has 0 spiro atoms. The molecule has 1 saturated carbocycles. The van der Waals surface area contributed by atoms with Crippen molar-refractivity contribution in [2.75, 3.05) is 0 Å². The summed E-state index contributed by atoms with van der Waals surface area (Å²) < 4.78 is 19.0. The normalized spacial score (nSPS) is 16.3. The molecule has 1 aliphatic rings. The van der Waals surface area contributed by atoms with Gasteiger partial charge in [0.15, 0.2) is 10.9 Å². The molecule has 2 aromatic rings. The molecule has 0 bridgehead atoms. The van der Waals surface area contributed by atoms with Gasteiger partial charge >= 0.3 is 0 Å². The maximum absolute atomic E-state index is 8.81. The van der Waals surface area contributed by atoms with E-state index in [9.17, 15) is 0 Å². The molecule has 0 unspecified atom stereocenters. The minimum atomic E-state index is -2.62. The van der Waals surface area contributed by atoms with E-state index in [0.29, 0.717) is 0 Å². The monoisotopic (exact) mass is 298 g/mol. The molecule has 19 heavy (non-hydrogen) atoms. The second-order valence-electron chi connectivity index (χ2n) is 4.64. The van der Waals surface area contributed by atoms with Crippen molar-refractivity contribution in [2.45, 2.75) is 38.0 Å². The van der Waals surface area contributed by atoms with Crippen molar-refractivity contribution >= 4 is 32.4 Å². The molecule has 1 fully saturated rings. The van der Waals surface area contributed by atoms with Gasteiger partial charge in [0.05, 0.1) is 15.2 Å². The number of nitrogens with zero attached hydrogens (tertiary/aromatic N) is 1. The van der Waals surface area contributed by atoms with Crippen LogP contribution in [0.2, 0.25) is 0 Å². The predicted octanol–water partition coefficient (Wildman–Crippen LogP) is 2.82. The predicted molar refractivity (Wildman–Crippen MR) is 79.9 cm³/mol. The molecule has 3 rings (SSSR count). The number of thiol groups is 1. The van der Waals surface area contributed by atoms with Gasteiger partial charge in [0, 0.05) is 5.92 Å². The van der Waals surface area contributed by atoms with Crippen molar-refractivity contribution in [3.05, 3.63) is 29.3 Å². The highest BCUT2D eigenvalue weighted by Crippen LogP contribution is 2.36. The average molecular weight is 298 g/mol. The van der Waals surface area contributed by atoms with Crippen LogP contribution >= 0.6 is 11.3 Å². The van der Waals surface area contributed by atoms with E-state index in [1.807, 2.05) is 11.3 Å². The summed E-state index contributed by atoms with van der Waals surface area (Å²) in [4.78, 5) is 4.75. The number of benzene rings is 1. The largest absolute Gasteiger partial charge is 0.241 e. The Hall–Kier alpha value is -0.980. The van der Waals surface area contributed by atoms with E-state index in [1.165, 1.54) is 47.3 Å². The summed E-state index contributed by atoms with van der Waals surface area (Å²) in [6, 6.07) is 8.48. The zero-order valence-corrected chi connectivity index (χ0v) is 12.3. The molecular formula is C13H18N2O2S2. The lowest BCUT2D eigenvalue weighted by atomic mass is 9.90. The van der Waals surface area contributed by atoms with Gasteiger partial charge in [-0.2, -0.15) is 0 Å². The van der Waals surface area contributed by atoms with Crippen LogP contribution in [0.5, 0.6) is 0 Å². The fourth-order valence-corrected chi connectivity index (χ4v) is 3.55. The molecule has 0 saturated heterocycles. The van der Waals surface area contributed by atoms with Crippen LogP contribution in [0.4, 0.5) is 0 Å². The van der Waals surface area contributed by atoms with Crippen LogP contribution in [0.25, 0.3) is 10.2 Å². The lowest BCUT2D eigenvalue weighted by Gasteiger charge is -2.18. The number of fused-ring (bicyclic) bond motifs is 1. The average Bonchev–Trinajstić information content (AvgIpc) is 2.83. The summed E-state index contributed by atoms with van der Waals surface area (Å²) in [5.74, 6) is 0.746. The lowest BCUT2D eigenvalue weighted by molar-refractivity contribution is 0.443. The lowest BCUT2D eigenvalue weighted by Crippen LogP contribution is -2.03. The van der Waals surface area contributed by atoms with Crippen LogP contribution < -0.4 is 5.14 Å². The zero-order valence-electron chi connectivity index (χ0n) is 10.6. The van der Waals surface area contributed by atoms with Gasteiger partial charge < -0.3 is 0 Å². The number of hydrogen-bond donors (Lipinski definition) is 2. The van der Waals surface area contributed by atoms with Crippen molar-refractivity contribution in [3.63, 3.8) is 0 Å². The van der Waals surface area contributed by atoms with Crippen LogP contribution in [0, 0.1) is 0 Å². The third-order valence-electron chi connectivity index (χ3n) is 3.26. The third kappa shape index (κ3) is 4.26. The Labute approximate surface area is 118 Å². The van der Waals surface area contributed by atoms with Gasteiger partial charge in [0.2, 0.25) is 0 Å². The fourth-order valence-electron chi connectivity index (χ4n) is 2.41. The molecule has 1 heterocycles. The van der Waals surface area contributed by atoms with Gasteiger partial charge in [-0.25, -0.2) is 18.5 Å². The van der Waals surface area contributed by atoms with E-state index in [-0.39, 0.29) is 0 Å². The Bertz CT molecular complexity index is 560. The molecule has 1 aliphatic carbocycles. The molecule has 1 aromatic carbocycles. The maximum atomic E-state index is 8.81. The minimum Gasteiger partial charge on any atom is -0.241 e. The molecule has 4 nitrogen and oxygen atoms in total. The van der Waals surface area contributed by atoms with E-state index in [2.05, 4.69) is 29.4 Å². The van der Waals surface area contributed by atoms with Crippen LogP contribution in [0.15, 0.2) is 24.3 Å². The SMILES string of the molecule is N[SH](=O)=O.c1ccc2sc(C3CCCCC3)nc2c1. The van der Waals surface area contributed by atoms with Crippen molar-refractivity contribution in [1.29, 1.82) is 0 Å². The molecule has 0 amide bonds. The second kappa shape index (κ2) is 6.98. The first-order valence-electron chi connectivity index (χ1n) is 6.41. The minimum absolute atomic E-state index is 0.746. The van der Waals surface area contributed by atoms with E-state index >= 15 is 0 Å². The molecule has 104 valence electrons. The number of aromatic nitrogens is 1. The first-order valence-corrected chi connectivity index (χ1v) is 8.47. The Morgan fingerprint density at radius 1 is 1.16 bits per heavy atom. The first-order chi connectivity index (χ1) is 9.16. The highest BCUT2D eigenvalue weighted by atomic mass is 32.2. The highest BCUT2D eigenvalue weighted by Gasteiger charge is 2.18. The van der Waals surface area contributed by atoms with E-state index in [0.717, 1.165) is 5.92 Å². The molecule has 1 aromatic heterocycles. The molecule has 0 aliphatic heterocycles. The Morgan fingerprint density at radius 2 is 1.79 bits per heavy atom. The highest BCUT2D eigenvalue weighted by molar-refractivity contribution is 7.69. The third-order valence-corrected chi connectivity index (χ3v) is 4.46. The number of rotatable bonds is 1. The topological polar surface area (TPSA) is 73.1 Å². The molecule has 6 heteroatoms. The Kier molecular flexibility index (Phi) is 5.30. The number of thiazole rings is 1. The molecular weight excluding hydrogens is 280 g/mol. The van der Waals surface area contributed by atoms with Crippen molar-refractivity contribution in [3.8, 4) is 0 Å². The Balaban J connectivity index is 0.000000297. The van der Waals surface area contributed by atoms with E-state index < -0.39 is 10.9 Å². The number of nitrogens with two attached hydrogens (primary N) is 1. The zero-order chi connectivity index (χ0) is 13.7. The maximum Gasteiger partial charge on any atom is 0.198 e. The standard InChI is InChI=1S/C13H15NS.H3NO2S/c1-2-6-10(7-3-1)13-14-11-8-4-5-9-12(11)15-13;1-4(2)3/h4-5,8-10H,1-3,6-7H2;4H,(H2,1,2,3). The number of para-hydroxylation sites is 1. The van der Waals surface area contributed by atoms with Gasteiger partial charge in [-0.05, 0) is 25.0 Å². The summed E-state index contributed by atoms with van der Waals surface area (Å²) >= 11 is 1.89. The van der Waals surface area contributed by atoms with Crippen LogP contribution in [0.3, 0.4) is 0 Å². The molecule has 0 radical (unpaired) electrons. The smallest absolute Gasteiger partial charge is 0.198 e. The summed E-state index contributed by atoms with van der Waals surface area (Å²) in [5.41, 5.74) is 1.18. The van der Waals surface area contributed by atoms with Gasteiger partial charge in [-0.1, -0.05) is 31.4 Å². The van der Waals surface area contributed by atoms with Crippen LogP contribution in [-0.4, -0.2) is 13.4 Å². The van der Waals surface area contributed by atoms with Crippen molar-refractivity contribution < 1.29 is 8.42 Å². The summed E-state index contributed by atoms with van der Waals surface area (Å²) in [7, 11) is -2.62. The molecule has 2 N–H and O–H groups in total. The second-order valence-corrected chi connectivity index (χ2v) is 6.27. The summed E-state index contributed by atoms with van der Waals surface area (Å²) in [5, 5.41) is 5.44. The summed E-state index contributed by atoms with van der Waals surface area (Å²) in [6.45, 7) is 0. The van der Waals surface area contributed by atoms with E-state index in [1.54, 1.807) is 0 Å². The van der Waals surface area contributed by atoms with Gasteiger partial charge in [0.1, 0.15) is 0 Å². The number of hydrogen-bond acceptors (Lipinski definition) is 4. The van der Waals surface area contributed by atoms with Gasteiger partial charge in [-0.15, -0.1) is 11.3 Å². The van der Waals surface area contributed by atoms with Crippen molar-refractivity contribution in [1.82, 2.24) is 4.98 Å². The summed E-state index contributed by atoms with van der Waals surface area (Å²) in [6.07, 6.45) is 6.89. The van der Waals surface area contributed by atoms with Crippen LogP contribution in [-0.2, 0) is 10.9 Å². The molecule has 0 atom stereocenters. The fraction of sp³-hybridized carbons (Fsp3) is 0.462. The van der Waals surface area contributed by atoms with Crippen molar-refractivity contribution in [2.24, 2.45) is 5.14 Å². The van der Waals surface area contributed by atoms with Gasteiger partial charge in [0.25, 0.3) is 0 Å². The first kappa shape index (κ1) is 14.4. The quantitative estimate of drug-likeness (QED) is 0.795.